The molecule has 5 rings (SSSR count). The number of pyridine rings is 1. The number of tetrazole rings is 1. The maximum Gasteiger partial charge on any atom is 0.270 e. The molecule has 168 valence electrons. The number of amides is 2. The summed E-state index contributed by atoms with van der Waals surface area (Å²) in [4.78, 5) is 30.6. The highest BCUT2D eigenvalue weighted by Gasteiger charge is 2.14. The van der Waals surface area contributed by atoms with E-state index in [1.54, 1.807) is 36.4 Å². The Morgan fingerprint density at radius 1 is 0.912 bits per heavy atom. The quantitative estimate of drug-likeness (QED) is 0.289. The summed E-state index contributed by atoms with van der Waals surface area (Å²) >= 11 is 1.51. The lowest BCUT2D eigenvalue weighted by Gasteiger charge is -2.11. The van der Waals surface area contributed by atoms with Crippen molar-refractivity contribution in [3.63, 3.8) is 0 Å². The van der Waals surface area contributed by atoms with E-state index < -0.39 is 11.8 Å². The third-order valence-corrected chi connectivity index (χ3v) is 6.06. The first-order chi connectivity index (χ1) is 16.7. The molecule has 0 atom stereocenters. The van der Waals surface area contributed by atoms with Gasteiger partial charge >= 0.3 is 0 Å². The number of hydrogen-bond acceptors (Lipinski definition) is 7. The number of imidazole rings is 1. The summed E-state index contributed by atoms with van der Waals surface area (Å²) in [5.41, 5.74) is 8.29. The van der Waals surface area contributed by atoms with Gasteiger partial charge in [-0.25, -0.2) is 9.67 Å². The molecular formula is C23H18N8O2S. The van der Waals surface area contributed by atoms with Crippen LogP contribution in [0.4, 0.5) is 0 Å². The molecule has 0 fully saturated rings. The molecule has 10 nitrogen and oxygen atoms in total. The fourth-order valence-corrected chi connectivity index (χ4v) is 4.22. The number of nitrogens with one attached hydrogen (secondary N) is 2. The second-order valence-electron chi connectivity index (χ2n) is 7.19. The number of fused-ring (bicyclic) bond motifs is 1. The van der Waals surface area contributed by atoms with E-state index in [0.717, 1.165) is 16.2 Å². The van der Waals surface area contributed by atoms with Crippen LogP contribution in [0.25, 0.3) is 11.3 Å². The number of thioether (sulfide) groups is 1. The Kier molecular flexibility index (Phi) is 5.99. The maximum atomic E-state index is 12.8. The zero-order chi connectivity index (χ0) is 23.3. The summed E-state index contributed by atoms with van der Waals surface area (Å²) in [6, 6.07) is 19.7. The van der Waals surface area contributed by atoms with E-state index in [1.165, 1.54) is 22.8 Å². The Bertz CT molecular complexity index is 1410. The number of aromatic nitrogens is 6. The van der Waals surface area contributed by atoms with E-state index in [-0.39, 0.29) is 0 Å². The maximum absolute atomic E-state index is 12.8. The second-order valence-corrected chi connectivity index (χ2v) is 8.21. The van der Waals surface area contributed by atoms with E-state index in [1.807, 2.05) is 47.1 Å². The highest BCUT2D eigenvalue weighted by molar-refractivity contribution is 7.98. The number of nitrogens with zero attached hydrogens (tertiary/aromatic N) is 6. The highest BCUT2D eigenvalue weighted by atomic mass is 32.2. The summed E-state index contributed by atoms with van der Waals surface area (Å²) in [6.45, 7) is 0. The van der Waals surface area contributed by atoms with Crippen molar-refractivity contribution in [2.24, 2.45) is 0 Å². The van der Waals surface area contributed by atoms with Crippen LogP contribution in [0.1, 0.15) is 26.4 Å². The van der Waals surface area contributed by atoms with Crippen LogP contribution < -0.4 is 10.9 Å². The molecule has 0 spiro atoms. The molecule has 0 aliphatic carbocycles. The topological polar surface area (TPSA) is 119 Å². The molecule has 2 aromatic carbocycles. The van der Waals surface area contributed by atoms with E-state index in [9.17, 15) is 9.59 Å². The minimum Gasteiger partial charge on any atom is -0.307 e. The van der Waals surface area contributed by atoms with E-state index in [2.05, 4.69) is 31.4 Å². The first kappa shape index (κ1) is 21.3. The molecule has 5 aromatic rings. The number of hydrogen-bond donors (Lipinski definition) is 2. The zero-order valence-electron chi connectivity index (χ0n) is 17.7. The van der Waals surface area contributed by atoms with Crippen LogP contribution in [0.5, 0.6) is 0 Å². The smallest absolute Gasteiger partial charge is 0.270 e. The summed E-state index contributed by atoms with van der Waals surface area (Å²) in [5.74, 6) is -0.241. The van der Waals surface area contributed by atoms with E-state index in [4.69, 9.17) is 0 Å². The van der Waals surface area contributed by atoms with Crippen molar-refractivity contribution in [1.82, 2.24) is 40.4 Å². The molecule has 3 heterocycles. The molecule has 0 saturated heterocycles. The Morgan fingerprint density at radius 3 is 2.50 bits per heavy atom. The molecular weight excluding hydrogens is 452 g/mol. The number of benzene rings is 2. The summed E-state index contributed by atoms with van der Waals surface area (Å²) < 4.78 is 3.43. The van der Waals surface area contributed by atoms with Crippen LogP contribution >= 0.6 is 11.8 Å². The summed E-state index contributed by atoms with van der Waals surface area (Å²) in [5, 5.41) is 11.0. The predicted octanol–water partition coefficient (Wildman–Crippen LogP) is 2.68. The van der Waals surface area contributed by atoms with Crippen molar-refractivity contribution < 1.29 is 9.59 Å². The number of carbonyl (C=O) groups is 2. The van der Waals surface area contributed by atoms with Crippen molar-refractivity contribution in [2.75, 3.05) is 0 Å². The third kappa shape index (κ3) is 4.64. The molecule has 0 aliphatic heterocycles. The van der Waals surface area contributed by atoms with E-state index in [0.29, 0.717) is 22.6 Å². The van der Waals surface area contributed by atoms with Crippen molar-refractivity contribution in [3.05, 3.63) is 102 Å². The van der Waals surface area contributed by atoms with Gasteiger partial charge in [0.05, 0.1) is 16.9 Å². The van der Waals surface area contributed by atoms with Crippen molar-refractivity contribution in [2.45, 2.75) is 10.6 Å². The molecule has 0 bridgehead atoms. The SMILES string of the molecule is O=C(NNC(=O)c1ccccc1SCc1cn2ccccc2n1)c1ccc(-n2cnnn2)cc1. The molecule has 2 N–H and O–H groups in total. The number of rotatable bonds is 6. The highest BCUT2D eigenvalue weighted by Crippen LogP contribution is 2.26. The van der Waals surface area contributed by atoms with Crippen LogP contribution in [-0.4, -0.2) is 41.4 Å². The normalized spacial score (nSPS) is 10.8. The van der Waals surface area contributed by atoms with Gasteiger partial charge in [-0.15, -0.1) is 16.9 Å². The van der Waals surface area contributed by atoms with Crippen LogP contribution in [0.15, 0.2) is 90.3 Å². The van der Waals surface area contributed by atoms with Gasteiger partial charge in [0.2, 0.25) is 0 Å². The molecule has 0 radical (unpaired) electrons. The van der Waals surface area contributed by atoms with Gasteiger partial charge < -0.3 is 4.40 Å². The lowest BCUT2D eigenvalue weighted by molar-refractivity contribution is 0.0845. The zero-order valence-corrected chi connectivity index (χ0v) is 18.5. The largest absolute Gasteiger partial charge is 0.307 e. The molecule has 0 saturated carbocycles. The van der Waals surface area contributed by atoms with Crippen LogP contribution in [-0.2, 0) is 5.75 Å². The van der Waals surface area contributed by atoms with Gasteiger partial charge in [0.1, 0.15) is 12.0 Å². The van der Waals surface area contributed by atoms with Crippen molar-refractivity contribution in [1.29, 1.82) is 0 Å². The van der Waals surface area contributed by atoms with Gasteiger partial charge in [0.15, 0.2) is 0 Å². The Labute approximate surface area is 198 Å². The van der Waals surface area contributed by atoms with Crippen molar-refractivity contribution >= 4 is 29.2 Å². The van der Waals surface area contributed by atoms with Crippen LogP contribution in [0, 0.1) is 0 Å². The van der Waals surface area contributed by atoms with Gasteiger partial charge in [0.25, 0.3) is 11.8 Å². The fourth-order valence-electron chi connectivity index (χ4n) is 3.29. The number of hydrazine groups is 1. The van der Waals surface area contributed by atoms with Gasteiger partial charge in [-0.3, -0.25) is 20.4 Å². The predicted molar refractivity (Wildman–Crippen MR) is 125 cm³/mol. The first-order valence-corrected chi connectivity index (χ1v) is 11.2. The molecule has 3 aromatic heterocycles. The summed E-state index contributed by atoms with van der Waals surface area (Å²) in [6.07, 6.45) is 5.37. The Hall–Kier alpha value is -4.51. The van der Waals surface area contributed by atoms with Crippen molar-refractivity contribution in [3.8, 4) is 5.69 Å². The molecule has 0 aliphatic rings. The second kappa shape index (κ2) is 9.55. The number of carbonyl (C=O) groups excluding carboxylic acids is 2. The molecule has 34 heavy (non-hydrogen) atoms. The lowest BCUT2D eigenvalue weighted by Crippen LogP contribution is -2.41. The molecule has 11 heteroatoms. The van der Waals surface area contributed by atoms with Gasteiger partial charge in [0, 0.05) is 28.6 Å². The Balaban J connectivity index is 1.21. The Morgan fingerprint density at radius 2 is 1.71 bits per heavy atom. The van der Waals surface area contributed by atoms with Crippen LogP contribution in [0.3, 0.4) is 0 Å². The molecule has 0 unspecified atom stereocenters. The fraction of sp³-hybridized carbons (Fsp3) is 0.0435. The first-order valence-electron chi connectivity index (χ1n) is 10.3. The van der Waals surface area contributed by atoms with Gasteiger partial charge in [-0.2, -0.15) is 0 Å². The monoisotopic (exact) mass is 470 g/mol. The molecule has 2 amide bonds. The van der Waals surface area contributed by atoms with Gasteiger partial charge in [-0.05, 0) is 59.0 Å². The minimum absolute atomic E-state index is 0.381. The summed E-state index contributed by atoms with van der Waals surface area (Å²) in [7, 11) is 0. The lowest BCUT2D eigenvalue weighted by atomic mass is 10.2. The average molecular weight is 471 g/mol. The average Bonchev–Trinajstić information content (AvgIpc) is 3.56. The van der Waals surface area contributed by atoms with Gasteiger partial charge in [-0.1, -0.05) is 18.2 Å². The van der Waals surface area contributed by atoms with E-state index >= 15 is 0 Å². The minimum atomic E-state index is -0.438. The standard InChI is InChI=1S/C23H18N8O2S/c32-22(16-8-10-18(11-9-16)31-15-24-28-29-31)26-27-23(33)19-5-1-2-6-20(19)34-14-17-13-30-12-4-3-7-21(30)25-17/h1-13,15H,14H2,(H,26,32)(H,27,33). The van der Waals surface area contributed by atoms with Crippen LogP contribution in [0.2, 0.25) is 0 Å². The third-order valence-electron chi connectivity index (χ3n) is 4.95.